The number of benzene rings is 1. The monoisotopic (exact) mass is 342 g/mol. The maximum atomic E-state index is 11.3. The summed E-state index contributed by atoms with van der Waals surface area (Å²) in [6, 6.07) is 3.69. The van der Waals surface area contributed by atoms with Gasteiger partial charge in [0, 0.05) is 13.0 Å². The molecule has 2 heterocycles. The number of aliphatic carboxylic acids is 1. The van der Waals surface area contributed by atoms with Gasteiger partial charge in [0.15, 0.2) is 11.5 Å². The summed E-state index contributed by atoms with van der Waals surface area (Å²) in [6.07, 6.45) is 0.932. The molecule has 0 bridgehead atoms. The van der Waals surface area contributed by atoms with Crippen molar-refractivity contribution in [3.05, 3.63) is 22.2 Å². The molecule has 2 atom stereocenters. The number of hydrogen-bond donors (Lipinski definition) is 1. The van der Waals surface area contributed by atoms with Gasteiger partial charge in [0.2, 0.25) is 0 Å². The Balaban J connectivity index is 1.96. The molecule has 2 unspecified atom stereocenters. The van der Waals surface area contributed by atoms with Gasteiger partial charge >= 0.3 is 5.97 Å². The van der Waals surface area contributed by atoms with Crippen molar-refractivity contribution in [1.82, 2.24) is 0 Å². The number of halogens is 1. The molecule has 0 amide bonds. The first-order chi connectivity index (χ1) is 9.66. The summed E-state index contributed by atoms with van der Waals surface area (Å²) in [5.74, 6) is -0.00924. The maximum Gasteiger partial charge on any atom is 0.309 e. The fraction of sp³-hybridized carbons (Fsp3) is 0.500. The van der Waals surface area contributed by atoms with Crippen molar-refractivity contribution >= 4 is 21.9 Å². The summed E-state index contributed by atoms with van der Waals surface area (Å²) < 4.78 is 17.7. The van der Waals surface area contributed by atoms with E-state index >= 15 is 0 Å². The Kier molecular flexibility index (Phi) is 3.85. The highest BCUT2D eigenvalue weighted by Gasteiger charge is 2.36. The number of rotatable bonds is 2. The third-order valence-electron chi connectivity index (χ3n) is 3.56. The lowest BCUT2D eigenvalue weighted by atomic mass is 9.95. The molecule has 0 aliphatic carbocycles. The van der Waals surface area contributed by atoms with Crippen molar-refractivity contribution in [3.63, 3.8) is 0 Å². The molecule has 1 aromatic rings. The molecule has 6 heteroatoms. The van der Waals surface area contributed by atoms with Crippen LogP contribution in [0.3, 0.4) is 0 Å². The third-order valence-corrected chi connectivity index (χ3v) is 4.15. The van der Waals surface area contributed by atoms with Crippen molar-refractivity contribution in [2.75, 3.05) is 19.8 Å². The van der Waals surface area contributed by atoms with Crippen molar-refractivity contribution in [3.8, 4) is 11.5 Å². The van der Waals surface area contributed by atoms with Crippen molar-refractivity contribution in [1.29, 1.82) is 0 Å². The molecule has 1 fully saturated rings. The minimum absolute atomic E-state index is 0.430. The average molecular weight is 343 g/mol. The van der Waals surface area contributed by atoms with Crippen LogP contribution in [0.2, 0.25) is 0 Å². The molecule has 1 N–H and O–H groups in total. The van der Waals surface area contributed by atoms with Crippen LogP contribution in [-0.2, 0) is 9.53 Å². The smallest absolute Gasteiger partial charge is 0.309 e. The Bertz CT molecular complexity index is 531. The second-order valence-electron chi connectivity index (χ2n) is 4.91. The molecule has 3 rings (SSSR count). The third kappa shape index (κ3) is 2.50. The lowest BCUT2D eigenvalue weighted by Gasteiger charge is -2.18. The van der Waals surface area contributed by atoms with Gasteiger partial charge in [0.1, 0.15) is 0 Å². The van der Waals surface area contributed by atoms with Gasteiger partial charge in [-0.2, -0.15) is 0 Å². The molecular formula is C14H15BrO5. The molecule has 0 spiro atoms. The highest BCUT2D eigenvalue weighted by atomic mass is 79.9. The van der Waals surface area contributed by atoms with E-state index in [-0.39, 0.29) is 0 Å². The van der Waals surface area contributed by atoms with E-state index in [4.69, 9.17) is 14.2 Å². The fourth-order valence-electron chi connectivity index (χ4n) is 2.59. The van der Waals surface area contributed by atoms with Crippen LogP contribution in [0.25, 0.3) is 0 Å². The quantitative estimate of drug-likeness (QED) is 0.895. The van der Waals surface area contributed by atoms with Crippen LogP contribution in [0.1, 0.15) is 24.5 Å². The zero-order valence-electron chi connectivity index (χ0n) is 10.8. The molecule has 2 aliphatic rings. The van der Waals surface area contributed by atoms with E-state index in [0.717, 1.165) is 16.5 Å². The average Bonchev–Trinajstić information content (AvgIpc) is 2.78. The Hall–Kier alpha value is -1.27. The van der Waals surface area contributed by atoms with E-state index in [2.05, 4.69) is 15.9 Å². The molecule has 0 saturated carbocycles. The first-order valence-electron chi connectivity index (χ1n) is 6.60. The minimum Gasteiger partial charge on any atom is -0.490 e. The van der Waals surface area contributed by atoms with Gasteiger partial charge in [-0.15, -0.1) is 0 Å². The van der Waals surface area contributed by atoms with Gasteiger partial charge in [0.05, 0.1) is 29.7 Å². The SMILES string of the molecule is O=C(O)C1CCOC1c1cc(Br)c2c(c1)OCCCO2. The van der Waals surface area contributed by atoms with Gasteiger partial charge in [0.25, 0.3) is 0 Å². The van der Waals surface area contributed by atoms with E-state index in [0.29, 0.717) is 37.7 Å². The highest BCUT2D eigenvalue weighted by Crippen LogP contribution is 2.43. The van der Waals surface area contributed by atoms with Gasteiger partial charge in [-0.25, -0.2) is 0 Å². The van der Waals surface area contributed by atoms with Crippen molar-refractivity contribution in [2.24, 2.45) is 5.92 Å². The van der Waals surface area contributed by atoms with Crippen LogP contribution in [0.4, 0.5) is 0 Å². The number of fused-ring (bicyclic) bond motifs is 1. The summed E-state index contributed by atoms with van der Waals surface area (Å²) in [5, 5.41) is 9.25. The van der Waals surface area contributed by atoms with Crippen LogP contribution >= 0.6 is 15.9 Å². The van der Waals surface area contributed by atoms with Gasteiger partial charge in [-0.1, -0.05) is 0 Å². The van der Waals surface area contributed by atoms with Crippen LogP contribution in [0.15, 0.2) is 16.6 Å². The van der Waals surface area contributed by atoms with Crippen LogP contribution in [-0.4, -0.2) is 30.9 Å². The molecule has 1 saturated heterocycles. The summed E-state index contributed by atoms with van der Waals surface area (Å²) >= 11 is 3.46. The Morgan fingerprint density at radius 1 is 1.25 bits per heavy atom. The molecule has 0 aromatic heterocycles. The lowest BCUT2D eigenvalue weighted by Crippen LogP contribution is -2.17. The predicted molar refractivity (Wildman–Crippen MR) is 74.2 cm³/mol. The number of carboxylic acid groups (broad SMARTS) is 1. The fourth-order valence-corrected chi connectivity index (χ4v) is 3.16. The molecule has 1 aromatic carbocycles. The van der Waals surface area contributed by atoms with Crippen LogP contribution in [0, 0.1) is 5.92 Å². The first-order valence-corrected chi connectivity index (χ1v) is 7.39. The number of hydrogen-bond acceptors (Lipinski definition) is 4. The van der Waals surface area contributed by atoms with Gasteiger partial charge in [-0.3, -0.25) is 4.79 Å². The molecule has 2 aliphatic heterocycles. The normalized spacial score (nSPS) is 25.2. The second-order valence-corrected chi connectivity index (χ2v) is 5.76. The zero-order chi connectivity index (χ0) is 14.1. The lowest BCUT2D eigenvalue weighted by molar-refractivity contribution is -0.143. The van der Waals surface area contributed by atoms with E-state index < -0.39 is 18.0 Å². The summed E-state index contributed by atoms with van der Waals surface area (Å²) in [5.41, 5.74) is 0.811. The Morgan fingerprint density at radius 3 is 2.85 bits per heavy atom. The molecule has 0 radical (unpaired) electrons. The minimum atomic E-state index is -0.823. The van der Waals surface area contributed by atoms with Crippen LogP contribution < -0.4 is 9.47 Å². The largest absolute Gasteiger partial charge is 0.490 e. The zero-order valence-corrected chi connectivity index (χ0v) is 12.4. The van der Waals surface area contributed by atoms with Crippen molar-refractivity contribution in [2.45, 2.75) is 18.9 Å². The van der Waals surface area contributed by atoms with E-state index in [1.807, 2.05) is 12.1 Å². The molecule has 5 nitrogen and oxygen atoms in total. The Labute approximate surface area is 125 Å². The summed E-state index contributed by atoms with van der Waals surface area (Å²) in [6.45, 7) is 1.67. The highest BCUT2D eigenvalue weighted by molar-refractivity contribution is 9.10. The molecule has 108 valence electrons. The van der Waals surface area contributed by atoms with Gasteiger partial charge in [-0.05, 0) is 40.0 Å². The summed E-state index contributed by atoms with van der Waals surface area (Å²) in [4.78, 5) is 11.3. The molecular weight excluding hydrogens is 328 g/mol. The summed E-state index contributed by atoms with van der Waals surface area (Å²) in [7, 11) is 0. The Morgan fingerprint density at radius 2 is 2.05 bits per heavy atom. The first kappa shape index (κ1) is 13.7. The predicted octanol–water partition coefficient (Wildman–Crippen LogP) is 2.77. The second kappa shape index (κ2) is 5.61. The van der Waals surface area contributed by atoms with Crippen LogP contribution in [0.5, 0.6) is 11.5 Å². The van der Waals surface area contributed by atoms with E-state index in [9.17, 15) is 9.90 Å². The van der Waals surface area contributed by atoms with E-state index in [1.165, 1.54) is 0 Å². The number of carboxylic acids is 1. The van der Waals surface area contributed by atoms with Gasteiger partial charge < -0.3 is 19.3 Å². The number of ether oxygens (including phenoxy) is 3. The van der Waals surface area contributed by atoms with Crippen molar-refractivity contribution < 1.29 is 24.1 Å². The standard InChI is InChI=1S/C14H15BrO5/c15-10-6-8(12-9(14(16)17)2-5-20-12)7-11-13(10)19-4-1-3-18-11/h6-7,9,12H,1-5H2,(H,16,17). The molecule has 20 heavy (non-hydrogen) atoms. The van der Waals surface area contributed by atoms with E-state index in [1.54, 1.807) is 0 Å². The topological polar surface area (TPSA) is 65.0 Å². The maximum absolute atomic E-state index is 11.3. The number of carbonyl (C=O) groups is 1.